The number of hydrogen-bond donors (Lipinski definition) is 2. The van der Waals surface area contributed by atoms with Gasteiger partial charge in [-0.1, -0.05) is 24.3 Å². The maximum Gasteiger partial charge on any atom is 0.250 e. The number of hydrogen-bond acceptors (Lipinski definition) is 7. The van der Waals surface area contributed by atoms with Crippen LogP contribution in [0.15, 0.2) is 65.9 Å². The van der Waals surface area contributed by atoms with Crippen molar-refractivity contribution >= 4 is 11.5 Å². The summed E-state index contributed by atoms with van der Waals surface area (Å²) in [6, 6.07) is 10.9. The number of ether oxygens (including phenoxy) is 1. The lowest BCUT2D eigenvalue weighted by Gasteiger charge is -2.23. The first-order valence-corrected chi connectivity index (χ1v) is 11.4. The molecular formula is C26H29N5O3. The van der Waals surface area contributed by atoms with Crippen LogP contribution in [0.3, 0.4) is 0 Å². The molecule has 0 spiro atoms. The van der Waals surface area contributed by atoms with Gasteiger partial charge in [-0.2, -0.15) is 0 Å². The molecule has 1 atom stereocenters. The van der Waals surface area contributed by atoms with Gasteiger partial charge in [0.25, 0.3) is 5.56 Å². The van der Waals surface area contributed by atoms with Crippen LogP contribution in [0.2, 0.25) is 0 Å². The van der Waals surface area contributed by atoms with E-state index < -0.39 is 0 Å². The van der Waals surface area contributed by atoms with E-state index in [2.05, 4.69) is 15.3 Å². The molecule has 1 fully saturated rings. The molecule has 0 amide bonds. The third kappa shape index (κ3) is 5.84. The number of ketones is 1. The minimum Gasteiger partial charge on any atom is -0.398 e. The van der Waals surface area contributed by atoms with Gasteiger partial charge in [-0.05, 0) is 43.5 Å². The van der Waals surface area contributed by atoms with Crippen molar-refractivity contribution in [2.75, 3.05) is 13.7 Å². The number of pyridine rings is 1. The summed E-state index contributed by atoms with van der Waals surface area (Å²) in [6.07, 6.45) is 9.22. The number of carbonyl (C=O) groups excluding carboxylic acids is 1. The molecule has 0 radical (unpaired) electrons. The van der Waals surface area contributed by atoms with E-state index in [0.29, 0.717) is 23.5 Å². The highest BCUT2D eigenvalue weighted by molar-refractivity contribution is 6.07. The zero-order chi connectivity index (χ0) is 23.9. The average molecular weight is 460 g/mol. The van der Waals surface area contributed by atoms with E-state index in [1.54, 1.807) is 23.0 Å². The molecule has 2 aromatic heterocycles. The molecule has 1 saturated heterocycles. The fourth-order valence-corrected chi connectivity index (χ4v) is 3.94. The Morgan fingerprint density at radius 2 is 2.03 bits per heavy atom. The molecule has 1 aromatic carbocycles. The number of nitrogens with two attached hydrogens (primary N) is 1. The molecule has 176 valence electrons. The van der Waals surface area contributed by atoms with Crippen LogP contribution in [0.5, 0.6) is 0 Å². The van der Waals surface area contributed by atoms with Crippen molar-refractivity contribution in [1.29, 1.82) is 0 Å². The van der Waals surface area contributed by atoms with Crippen molar-refractivity contribution in [3.05, 3.63) is 88.2 Å². The van der Waals surface area contributed by atoms with Crippen LogP contribution >= 0.6 is 0 Å². The summed E-state index contributed by atoms with van der Waals surface area (Å²) < 4.78 is 7.41. The van der Waals surface area contributed by atoms with Crippen molar-refractivity contribution in [3.8, 4) is 11.3 Å². The van der Waals surface area contributed by atoms with E-state index in [1.165, 1.54) is 18.3 Å². The first-order valence-electron chi connectivity index (χ1n) is 11.4. The van der Waals surface area contributed by atoms with Crippen LogP contribution in [0.4, 0.5) is 0 Å². The summed E-state index contributed by atoms with van der Waals surface area (Å²) in [6.45, 7) is 1.97. The number of allylic oxidation sites excluding steroid dienone is 1. The SMILES string of the molecule is CNCc1ccc(C(N)=CC(=O)c2cncc(-c3ccc(=O)n(CC4CCCCO4)c3)n2)cc1. The molecular weight excluding hydrogens is 430 g/mol. The van der Waals surface area contributed by atoms with Crippen LogP contribution in [0.25, 0.3) is 17.0 Å². The molecule has 0 saturated carbocycles. The third-order valence-corrected chi connectivity index (χ3v) is 5.80. The number of benzene rings is 1. The monoisotopic (exact) mass is 459 g/mol. The average Bonchev–Trinajstić information content (AvgIpc) is 2.86. The Morgan fingerprint density at radius 3 is 2.76 bits per heavy atom. The van der Waals surface area contributed by atoms with Crippen LogP contribution < -0.4 is 16.6 Å². The van der Waals surface area contributed by atoms with Crippen molar-refractivity contribution < 1.29 is 9.53 Å². The minimum atomic E-state index is -0.338. The molecule has 8 nitrogen and oxygen atoms in total. The van der Waals surface area contributed by atoms with E-state index in [1.807, 2.05) is 31.3 Å². The van der Waals surface area contributed by atoms with Gasteiger partial charge in [0.1, 0.15) is 5.69 Å². The summed E-state index contributed by atoms with van der Waals surface area (Å²) in [5.74, 6) is -0.338. The lowest BCUT2D eigenvalue weighted by atomic mass is 10.1. The van der Waals surface area contributed by atoms with Gasteiger partial charge in [0.15, 0.2) is 0 Å². The molecule has 0 bridgehead atoms. The molecule has 1 unspecified atom stereocenters. The zero-order valence-electron chi connectivity index (χ0n) is 19.2. The van der Waals surface area contributed by atoms with E-state index in [-0.39, 0.29) is 23.1 Å². The Labute approximate surface area is 198 Å². The second-order valence-electron chi connectivity index (χ2n) is 8.38. The summed E-state index contributed by atoms with van der Waals surface area (Å²) in [7, 11) is 1.88. The topological polar surface area (TPSA) is 112 Å². The molecule has 3 N–H and O–H groups in total. The lowest BCUT2D eigenvalue weighted by Crippen LogP contribution is -2.30. The largest absolute Gasteiger partial charge is 0.398 e. The smallest absolute Gasteiger partial charge is 0.250 e. The van der Waals surface area contributed by atoms with Gasteiger partial charge in [-0.3, -0.25) is 14.6 Å². The van der Waals surface area contributed by atoms with Crippen molar-refractivity contribution in [2.45, 2.75) is 38.5 Å². The number of aromatic nitrogens is 3. The highest BCUT2D eigenvalue weighted by Crippen LogP contribution is 2.18. The fraction of sp³-hybridized carbons (Fsp3) is 0.308. The summed E-state index contributed by atoms with van der Waals surface area (Å²) in [5, 5.41) is 3.09. The van der Waals surface area contributed by atoms with Gasteiger partial charge in [-0.25, -0.2) is 4.98 Å². The predicted molar refractivity (Wildman–Crippen MR) is 131 cm³/mol. The molecule has 1 aliphatic heterocycles. The van der Waals surface area contributed by atoms with Crippen LogP contribution in [-0.2, 0) is 17.8 Å². The minimum absolute atomic E-state index is 0.0288. The molecule has 34 heavy (non-hydrogen) atoms. The number of nitrogens with zero attached hydrogens (tertiary/aromatic N) is 3. The van der Waals surface area contributed by atoms with E-state index in [9.17, 15) is 9.59 Å². The second kappa shape index (κ2) is 11.0. The predicted octanol–water partition coefficient (Wildman–Crippen LogP) is 2.78. The highest BCUT2D eigenvalue weighted by Gasteiger charge is 2.16. The summed E-state index contributed by atoms with van der Waals surface area (Å²) >= 11 is 0. The molecule has 3 aromatic rings. The normalized spacial score (nSPS) is 16.4. The van der Waals surface area contributed by atoms with Crippen LogP contribution in [-0.4, -0.2) is 40.1 Å². The van der Waals surface area contributed by atoms with Gasteiger partial charge in [0.2, 0.25) is 5.78 Å². The van der Waals surface area contributed by atoms with Gasteiger partial charge in [-0.15, -0.1) is 0 Å². The van der Waals surface area contributed by atoms with Crippen LogP contribution in [0.1, 0.15) is 40.9 Å². The summed E-state index contributed by atoms with van der Waals surface area (Å²) in [4.78, 5) is 33.8. The van der Waals surface area contributed by atoms with Crippen molar-refractivity contribution in [1.82, 2.24) is 19.9 Å². The maximum atomic E-state index is 12.8. The Hall–Kier alpha value is -3.62. The standard InChI is InChI=1S/C26H29N5O3/c1-28-13-18-5-7-19(8-6-18)22(27)12-25(32)24-15-29-14-23(30-24)20-9-10-26(33)31(16-20)17-21-4-2-3-11-34-21/h5-10,12,14-16,21,28H,2-4,11,13,17,27H2,1H3. The number of carbonyl (C=O) groups is 1. The lowest BCUT2D eigenvalue weighted by molar-refractivity contribution is 0.00545. The third-order valence-electron chi connectivity index (χ3n) is 5.80. The Kier molecular flexibility index (Phi) is 7.61. The Balaban J connectivity index is 1.53. The van der Waals surface area contributed by atoms with Gasteiger partial charge in [0.05, 0.1) is 30.7 Å². The number of nitrogens with one attached hydrogen (secondary N) is 1. The highest BCUT2D eigenvalue weighted by atomic mass is 16.5. The molecule has 0 aliphatic carbocycles. The Morgan fingerprint density at radius 1 is 1.21 bits per heavy atom. The van der Waals surface area contributed by atoms with Gasteiger partial charge < -0.3 is 20.4 Å². The van der Waals surface area contributed by atoms with Crippen molar-refractivity contribution in [3.63, 3.8) is 0 Å². The van der Waals surface area contributed by atoms with E-state index in [4.69, 9.17) is 10.5 Å². The van der Waals surface area contributed by atoms with Crippen LogP contribution in [0, 0.1) is 0 Å². The number of rotatable bonds is 8. The Bertz CT molecular complexity index is 1230. The quantitative estimate of drug-likeness (QED) is 0.393. The van der Waals surface area contributed by atoms with Gasteiger partial charge in [0, 0.05) is 42.8 Å². The summed E-state index contributed by atoms with van der Waals surface area (Å²) in [5.41, 5.74) is 9.69. The van der Waals surface area contributed by atoms with E-state index in [0.717, 1.165) is 43.5 Å². The first-order chi connectivity index (χ1) is 16.5. The fourth-order valence-electron chi connectivity index (χ4n) is 3.94. The zero-order valence-corrected chi connectivity index (χ0v) is 19.2. The first kappa shape index (κ1) is 23.5. The molecule has 3 heterocycles. The molecule has 8 heteroatoms. The molecule has 1 aliphatic rings. The van der Waals surface area contributed by atoms with Gasteiger partial charge >= 0.3 is 0 Å². The van der Waals surface area contributed by atoms with Crippen molar-refractivity contribution in [2.24, 2.45) is 5.73 Å². The molecule has 4 rings (SSSR count). The van der Waals surface area contributed by atoms with E-state index >= 15 is 0 Å². The second-order valence-corrected chi connectivity index (χ2v) is 8.38. The maximum absolute atomic E-state index is 12.8.